The number of hydrogen-bond donors (Lipinski definition) is 1. The van der Waals surface area contributed by atoms with Crippen molar-refractivity contribution in [1.29, 1.82) is 0 Å². The Kier molecular flexibility index (Phi) is 3.22. The molecule has 0 radical (unpaired) electrons. The summed E-state index contributed by atoms with van der Waals surface area (Å²) in [6, 6.07) is 7.87. The van der Waals surface area contributed by atoms with E-state index in [0.717, 1.165) is 17.3 Å². The fraction of sp³-hybridized carbons (Fsp3) is 0.250. The predicted molar refractivity (Wildman–Crippen MR) is 62.9 cm³/mol. The van der Waals surface area contributed by atoms with E-state index >= 15 is 0 Å². The fourth-order valence-electron chi connectivity index (χ4n) is 1.53. The normalized spacial score (nSPS) is 10.4. The zero-order valence-electron chi connectivity index (χ0n) is 9.26. The van der Waals surface area contributed by atoms with Crippen LogP contribution in [0.4, 0.5) is 0 Å². The van der Waals surface area contributed by atoms with Gasteiger partial charge < -0.3 is 15.0 Å². The molecule has 2 N–H and O–H groups in total. The molecule has 0 amide bonds. The van der Waals surface area contributed by atoms with Crippen LogP contribution in [0.3, 0.4) is 0 Å². The van der Waals surface area contributed by atoms with Gasteiger partial charge in [0.25, 0.3) is 0 Å². The van der Waals surface area contributed by atoms with E-state index in [1.54, 1.807) is 6.20 Å². The Morgan fingerprint density at radius 1 is 1.31 bits per heavy atom. The molecule has 1 aromatic heterocycles. The van der Waals surface area contributed by atoms with E-state index < -0.39 is 0 Å². The molecule has 16 heavy (non-hydrogen) atoms. The van der Waals surface area contributed by atoms with Crippen molar-refractivity contribution in [3.05, 3.63) is 42.5 Å². The number of benzene rings is 1. The van der Waals surface area contributed by atoms with Gasteiger partial charge in [-0.3, -0.25) is 0 Å². The molecular weight excluding hydrogens is 202 g/mol. The van der Waals surface area contributed by atoms with Crippen LogP contribution in [0.2, 0.25) is 0 Å². The summed E-state index contributed by atoms with van der Waals surface area (Å²) >= 11 is 0. The van der Waals surface area contributed by atoms with Crippen LogP contribution in [0.5, 0.6) is 5.75 Å². The molecule has 2 rings (SSSR count). The number of aryl methyl sites for hydroxylation is 1. The summed E-state index contributed by atoms with van der Waals surface area (Å²) in [4.78, 5) is 4.18. The minimum atomic E-state index is 0.530. The quantitative estimate of drug-likeness (QED) is 0.844. The van der Waals surface area contributed by atoms with Crippen LogP contribution >= 0.6 is 0 Å². The second-order valence-electron chi connectivity index (χ2n) is 3.48. The van der Waals surface area contributed by atoms with E-state index in [2.05, 4.69) is 4.98 Å². The topological polar surface area (TPSA) is 53.1 Å². The van der Waals surface area contributed by atoms with Crippen molar-refractivity contribution < 1.29 is 4.74 Å². The lowest BCUT2D eigenvalue weighted by atomic mass is 10.3. The Bertz CT molecular complexity index is 448. The zero-order chi connectivity index (χ0) is 11.4. The molecule has 0 unspecified atom stereocenters. The molecule has 0 aliphatic carbocycles. The van der Waals surface area contributed by atoms with Crippen molar-refractivity contribution in [3.63, 3.8) is 0 Å². The molecule has 1 heterocycles. The number of hydrogen-bond acceptors (Lipinski definition) is 3. The van der Waals surface area contributed by atoms with Gasteiger partial charge in [0, 0.05) is 24.6 Å². The van der Waals surface area contributed by atoms with Crippen LogP contribution in [0.15, 0.2) is 36.7 Å². The molecule has 0 saturated carbocycles. The van der Waals surface area contributed by atoms with Crippen LogP contribution < -0.4 is 10.5 Å². The zero-order valence-corrected chi connectivity index (χ0v) is 9.26. The first-order chi connectivity index (χ1) is 7.81. The second-order valence-corrected chi connectivity index (χ2v) is 3.48. The Hall–Kier alpha value is -1.81. The molecule has 2 aromatic rings. The molecule has 0 atom stereocenters. The second kappa shape index (κ2) is 4.81. The lowest BCUT2D eigenvalue weighted by molar-refractivity contribution is 0.328. The first-order valence-corrected chi connectivity index (χ1v) is 5.24. The standard InChI is InChI=1S/C12H15N3O/c1-10-14-7-8-15(10)11-2-4-12(5-3-11)16-9-6-13/h2-5,7-8H,6,9,13H2,1H3. The third-order valence-corrected chi connectivity index (χ3v) is 2.33. The highest BCUT2D eigenvalue weighted by molar-refractivity contribution is 5.38. The van der Waals surface area contributed by atoms with Gasteiger partial charge in [0.15, 0.2) is 0 Å². The molecule has 4 heteroatoms. The van der Waals surface area contributed by atoms with E-state index in [4.69, 9.17) is 10.5 Å². The average molecular weight is 217 g/mol. The summed E-state index contributed by atoms with van der Waals surface area (Å²) < 4.78 is 7.43. The number of aromatic nitrogens is 2. The summed E-state index contributed by atoms with van der Waals surface area (Å²) in [7, 11) is 0. The van der Waals surface area contributed by atoms with Crippen molar-refractivity contribution in [3.8, 4) is 11.4 Å². The van der Waals surface area contributed by atoms with Crippen molar-refractivity contribution in [2.24, 2.45) is 5.73 Å². The number of imidazole rings is 1. The molecule has 1 aromatic carbocycles. The minimum Gasteiger partial charge on any atom is -0.492 e. The van der Waals surface area contributed by atoms with Crippen molar-refractivity contribution in [2.75, 3.05) is 13.2 Å². The van der Waals surface area contributed by atoms with Gasteiger partial charge in [-0.2, -0.15) is 0 Å². The molecule has 0 saturated heterocycles. The Morgan fingerprint density at radius 3 is 2.62 bits per heavy atom. The van der Waals surface area contributed by atoms with E-state index in [-0.39, 0.29) is 0 Å². The highest BCUT2D eigenvalue weighted by Gasteiger charge is 2.00. The maximum Gasteiger partial charge on any atom is 0.119 e. The van der Waals surface area contributed by atoms with Crippen LogP contribution in [0.1, 0.15) is 5.82 Å². The van der Waals surface area contributed by atoms with Crippen molar-refractivity contribution in [1.82, 2.24) is 9.55 Å². The van der Waals surface area contributed by atoms with E-state index in [1.165, 1.54) is 0 Å². The maximum atomic E-state index is 5.41. The van der Waals surface area contributed by atoms with Gasteiger partial charge in [-0.25, -0.2) is 4.98 Å². The summed E-state index contributed by atoms with van der Waals surface area (Å²) in [5, 5.41) is 0. The smallest absolute Gasteiger partial charge is 0.119 e. The third-order valence-electron chi connectivity index (χ3n) is 2.33. The summed E-state index contributed by atoms with van der Waals surface area (Å²) in [6.07, 6.45) is 3.72. The average Bonchev–Trinajstić information content (AvgIpc) is 2.74. The molecule has 4 nitrogen and oxygen atoms in total. The van der Waals surface area contributed by atoms with Crippen LogP contribution in [-0.4, -0.2) is 22.7 Å². The molecule has 0 aliphatic rings. The fourth-order valence-corrected chi connectivity index (χ4v) is 1.53. The van der Waals surface area contributed by atoms with Gasteiger partial charge in [0.2, 0.25) is 0 Å². The maximum absolute atomic E-state index is 5.41. The minimum absolute atomic E-state index is 0.530. The van der Waals surface area contributed by atoms with Gasteiger partial charge in [-0.1, -0.05) is 0 Å². The van der Waals surface area contributed by atoms with Crippen LogP contribution in [0.25, 0.3) is 5.69 Å². The largest absolute Gasteiger partial charge is 0.492 e. The van der Waals surface area contributed by atoms with Crippen LogP contribution in [-0.2, 0) is 0 Å². The molecule has 0 bridgehead atoms. The number of ether oxygens (including phenoxy) is 1. The SMILES string of the molecule is Cc1nccn1-c1ccc(OCCN)cc1. The monoisotopic (exact) mass is 217 g/mol. The molecular formula is C12H15N3O. The van der Waals surface area contributed by atoms with Crippen molar-refractivity contribution in [2.45, 2.75) is 6.92 Å². The molecule has 0 aliphatic heterocycles. The molecule has 0 fully saturated rings. The van der Waals surface area contributed by atoms with Gasteiger partial charge in [0.1, 0.15) is 18.2 Å². The van der Waals surface area contributed by atoms with Gasteiger partial charge in [-0.05, 0) is 31.2 Å². The van der Waals surface area contributed by atoms with Gasteiger partial charge >= 0.3 is 0 Å². The first kappa shape index (κ1) is 10.7. The van der Waals surface area contributed by atoms with Crippen molar-refractivity contribution >= 4 is 0 Å². The number of nitrogens with two attached hydrogens (primary N) is 1. The number of rotatable bonds is 4. The highest BCUT2D eigenvalue weighted by atomic mass is 16.5. The van der Waals surface area contributed by atoms with Crippen LogP contribution in [0, 0.1) is 6.92 Å². The Morgan fingerprint density at radius 2 is 2.06 bits per heavy atom. The van der Waals surface area contributed by atoms with Gasteiger partial charge in [-0.15, -0.1) is 0 Å². The summed E-state index contributed by atoms with van der Waals surface area (Å²) in [5.41, 5.74) is 6.44. The Labute approximate surface area is 94.7 Å². The third kappa shape index (κ3) is 2.23. The lowest BCUT2D eigenvalue weighted by Crippen LogP contribution is -2.10. The highest BCUT2D eigenvalue weighted by Crippen LogP contribution is 2.16. The molecule has 0 spiro atoms. The Balaban J connectivity index is 2.16. The van der Waals surface area contributed by atoms with E-state index in [1.807, 2.05) is 42.0 Å². The number of nitrogens with zero attached hydrogens (tertiary/aromatic N) is 2. The van der Waals surface area contributed by atoms with E-state index in [9.17, 15) is 0 Å². The summed E-state index contributed by atoms with van der Waals surface area (Å²) in [6.45, 7) is 3.05. The first-order valence-electron chi connectivity index (χ1n) is 5.24. The summed E-state index contributed by atoms with van der Waals surface area (Å²) in [5.74, 6) is 1.81. The predicted octanol–water partition coefficient (Wildman–Crippen LogP) is 1.52. The lowest BCUT2D eigenvalue weighted by Gasteiger charge is -2.07. The molecule has 84 valence electrons. The van der Waals surface area contributed by atoms with Gasteiger partial charge in [0.05, 0.1) is 0 Å². The van der Waals surface area contributed by atoms with E-state index in [0.29, 0.717) is 13.2 Å².